The molecule has 4 aromatic rings. The van der Waals surface area contributed by atoms with Crippen molar-refractivity contribution < 1.29 is 9.12 Å². The highest BCUT2D eigenvalue weighted by molar-refractivity contribution is 5.93. The van der Waals surface area contributed by atoms with Crippen molar-refractivity contribution in [2.75, 3.05) is 0 Å². The first-order valence-electron chi connectivity index (χ1n) is 7.61. The molecule has 0 unspecified atom stereocenters. The van der Waals surface area contributed by atoms with Gasteiger partial charge in [0.15, 0.2) is 12.4 Å². The zero-order chi connectivity index (χ0) is 17.4. The van der Waals surface area contributed by atoms with E-state index in [1.165, 1.54) is 41.3 Å². The normalized spacial score (nSPS) is 10.9. The summed E-state index contributed by atoms with van der Waals surface area (Å²) in [6, 6.07) is 16.0. The van der Waals surface area contributed by atoms with Crippen LogP contribution in [0.15, 0.2) is 77.9 Å². The van der Waals surface area contributed by atoms with Crippen LogP contribution < -0.4 is 10.3 Å². The van der Waals surface area contributed by atoms with Gasteiger partial charge in [0.1, 0.15) is 11.5 Å². The van der Waals surface area contributed by atoms with Crippen LogP contribution in [0.2, 0.25) is 0 Å². The summed E-state index contributed by atoms with van der Waals surface area (Å²) in [7, 11) is 0. The molecule has 0 atom stereocenters. The number of benzene rings is 2. The number of pyridine rings is 1. The van der Waals surface area contributed by atoms with Crippen molar-refractivity contribution in [2.45, 2.75) is 0 Å². The number of rotatable bonds is 2. The standard InChI is InChI=1S/C19H12FN3O2/c20-14-7-9-15(10-8-14)23-19(24)17-6-2-1-5-16(17)18(21-23)13-4-3-11-22(25)12-13/h1-12H. The maximum Gasteiger partial charge on any atom is 0.279 e. The van der Waals surface area contributed by atoms with Crippen LogP contribution in [0, 0.1) is 11.0 Å². The monoisotopic (exact) mass is 333 g/mol. The molecule has 0 spiro atoms. The molecule has 0 N–H and O–H groups in total. The van der Waals surface area contributed by atoms with Gasteiger partial charge >= 0.3 is 0 Å². The summed E-state index contributed by atoms with van der Waals surface area (Å²) in [4.78, 5) is 12.8. The Labute approximate surface area is 141 Å². The number of fused-ring (bicyclic) bond motifs is 1. The molecule has 0 aliphatic heterocycles. The molecular weight excluding hydrogens is 321 g/mol. The fourth-order valence-electron chi connectivity index (χ4n) is 2.75. The number of hydrogen-bond acceptors (Lipinski definition) is 3. The van der Waals surface area contributed by atoms with E-state index in [2.05, 4.69) is 5.10 Å². The molecule has 0 bridgehead atoms. The molecule has 6 heteroatoms. The molecule has 0 saturated heterocycles. The van der Waals surface area contributed by atoms with Gasteiger partial charge in [-0.3, -0.25) is 4.79 Å². The van der Waals surface area contributed by atoms with Crippen molar-refractivity contribution >= 4 is 10.8 Å². The van der Waals surface area contributed by atoms with Gasteiger partial charge in [-0.2, -0.15) is 14.5 Å². The summed E-state index contributed by atoms with van der Waals surface area (Å²) < 4.78 is 15.1. The molecule has 0 aliphatic carbocycles. The van der Waals surface area contributed by atoms with E-state index in [1.54, 1.807) is 30.3 Å². The predicted molar refractivity (Wildman–Crippen MR) is 91.7 cm³/mol. The summed E-state index contributed by atoms with van der Waals surface area (Å²) >= 11 is 0. The van der Waals surface area contributed by atoms with Crippen LogP contribution in [0.4, 0.5) is 4.39 Å². The SMILES string of the molecule is O=c1c2ccccc2c(-c2ccc[n+]([O-])c2)nn1-c1ccc(F)cc1. The molecule has 2 aromatic heterocycles. The molecule has 0 amide bonds. The Bertz CT molecular complexity index is 1140. The molecule has 25 heavy (non-hydrogen) atoms. The summed E-state index contributed by atoms with van der Waals surface area (Å²) in [5.41, 5.74) is 1.23. The Balaban J connectivity index is 2.07. The van der Waals surface area contributed by atoms with Gasteiger partial charge < -0.3 is 5.21 Å². The van der Waals surface area contributed by atoms with E-state index in [-0.39, 0.29) is 5.56 Å². The van der Waals surface area contributed by atoms with Crippen LogP contribution in [0.3, 0.4) is 0 Å². The van der Waals surface area contributed by atoms with Crippen LogP contribution in [0.1, 0.15) is 0 Å². The van der Waals surface area contributed by atoms with E-state index in [4.69, 9.17) is 0 Å². The average molecular weight is 333 g/mol. The van der Waals surface area contributed by atoms with Gasteiger partial charge in [-0.25, -0.2) is 4.39 Å². The van der Waals surface area contributed by atoms with Crippen LogP contribution in [-0.4, -0.2) is 9.78 Å². The highest BCUT2D eigenvalue weighted by atomic mass is 19.1. The Morgan fingerprint density at radius 1 is 0.960 bits per heavy atom. The van der Waals surface area contributed by atoms with Gasteiger partial charge in [-0.1, -0.05) is 18.2 Å². The first-order valence-corrected chi connectivity index (χ1v) is 7.61. The van der Waals surface area contributed by atoms with Crippen molar-refractivity contribution in [3.05, 3.63) is 94.4 Å². The van der Waals surface area contributed by atoms with Gasteiger partial charge in [0.25, 0.3) is 5.56 Å². The van der Waals surface area contributed by atoms with Crippen molar-refractivity contribution in [1.29, 1.82) is 0 Å². The van der Waals surface area contributed by atoms with E-state index >= 15 is 0 Å². The first-order chi connectivity index (χ1) is 12.1. The number of halogens is 1. The lowest BCUT2D eigenvalue weighted by atomic mass is 10.1. The van der Waals surface area contributed by atoms with E-state index in [0.29, 0.717) is 32.4 Å². The Morgan fingerprint density at radius 2 is 1.68 bits per heavy atom. The number of hydrogen-bond donors (Lipinski definition) is 0. The van der Waals surface area contributed by atoms with Crippen LogP contribution >= 0.6 is 0 Å². The molecule has 5 nitrogen and oxygen atoms in total. The zero-order valence-corrected chi connectivity index (χ0v) is 13.0. The Hall–Kier alpha value is -3.54. The number of aromatic nitrogens is 3. The van der Waals surface area contributed by atoms with Crippen LogP contribution in [0.5, 0.6) is 0 Å². The zero-order valence-electron chi connectivity index (χ0n) is 13.0. The minimum atomic E-state index is -0.395. The maximum absolute atomic E-state index is 13.2. The quantitative estimate of drug-likeness (QED) is 0.419. The maximum atomic E-state index is 13.2. The van der Waals surface area contributed by atoms with Crippen molar-refractivity contribution in [2.24, 2.45) is 0 Å². The molecule has 0 radical (unpaired) electrons. The van der Waals surface area contributed by atoms with Crippen LogP contribution in [0.25, 0.3) is 27.7 Å². The highest BCUT2D eigenvalue weighted by Crippen LogP contribution is 2.24. The minimum absolute atomic E-state index is 0.308. The summed E-state index contributed by atoms with van der Waals surface area (Å²) in [5.74, 6) is -0.395. The van der Waals surface area contributed by atoms with E-state index < -0.39 is 5.82 Å². The van der Waals surface area contributed by atoms with Gasteiger partial charge in [-0.05, 0) is 36.4 Å². The Morgan fingerprint density at radius 3 is 2.40 bits per heavy atom. The fraction of sp³-hybridized carbons (Fsp3) is 0. The first kappa shape index (κ1) is 15.0. The van der Waals surface area contributed by atoms with Gasteiger partial charge in [0.2, 0.25) is 0 Å². The molecule has 0 saturated carbocycles. The van der Waals surface area contributed by atoms with Crippen molar-refractivity contribution in [3.63, 3.8) is 0 Å². The minimum Gasteiger partial charge on any atom is -0.619 e. The third kappa shape index (κ3) is 2.63. The second-order valence-electron chi connectivity index (χ2n) is 5.54. The molecule has 4 rings (SSSR count). The molecule has 122 valence electrons. The Kier molecular flexibility index (Phi) is 3.50. The van der Waals surface area contributed by atoms with Crippen LogP contribution in [-0.2, 0) is 0 Å². The molecular formula is C19H12FN3O2. The third-order valence-electron chi connectivity index (χ3n) is 3.92. The second-order valence-corrected chi connectivity index (χ2v) is 5.54. The lowest BCUT2D eigenvalue weighted by Crippen LogP contribution is -2.25. The third-order valence-corrected chi connectivity index (χ3v) is 3.92. The predicted octanol–water partition coefficient (Wildman–Crippen LogP) is 2.83. The smallest absolute Gasteiger partial charge is 0.279 e. The number of nitrogens with zero attached hydrogens (tertiary/aromatic N) is 3. The lowest BCUT2D eigenvalue weighted by Gasteiger charge is -2.11. The topological polar surface area (TPSA) is 61.8 Å². The molecule has 2 heterocycles. The summed E-state index contributed by atoms with van der Waals surface area (Å²) in [6.07, 6.45) is 2.77. The second kappa shape index (κ2) is 5.83. The van der Waals surface area contributed by atoms with Gasteiger partial charge in [0.05, 0.1) is 16.6 Å². The summed E-state index contributed by atoms with van der Waals surface area (Å²) in [6.45, 7) is 0. The lowest BCUT2D eigenvalue weighted by molar-refractivity contribution is -0.604. The van der Waals surface area contributed by atoms with E-state index in [1.807, 2.05) is 6.07 Å². The van der Waals surface area contributed by atoms with Gasteiger partial charge in [0, 0.05) is 11.5 Å². The highest BCUT2D eigenvalue weighted by Gasteiger charge is 2.14. The van der Waals surface area contributed by atoms with E-state index in [0.717, 1.165) is 0 Å². The fourth-order valence-corrected chi connectivity index (χ4v) is 2.75. The molecule has 0 fully saturated rings. The largest absolute Gasteiger partial charge is 0.619 e. The van der Waals surface area contributed by atoms with Gasteiger partial charge in [-0.15, -0.1) is 0 Å². The molecule has 0 aliphatic rings. The molecule has 2 aromatic carbocycles. The average Bonchev–Trinajstić information content (AvgIpc) is 2.63. The van der Waals surface area contributed by atoms with Crippen molar-refractivity contribution in [3.8, 4) is 16.9 Å². The summed E-state index contributed by atoms with van der Waals surface area (Å²) in [5, 5.41) is 17.2. The van der Waals surface area contributed by atoms with Crippen molar-refractivity contribution in [1.82, 2.24) is 9.78 Å². The van der Waals surface area contributed by atoms with E-state index in [9.17, 15) is 14.4 Å².